The van der Waals surface area contributed by atoms with Gasteiger partial charge in [0.1, 0.15) is 0 Å². The second-order valence-electron chi connectivity index (χ2n) is 6.11. The Morgan fingerprint density at radius 2 is 2.18 bits per heavy atom. The lowest BCUT2D eigenvalue weighted by atomic mass is 9.91. The van der Waals surface area contributed by atoms with Gasteiger partial charge in [0, 0.05) is 25.0 Å². The van der Waals surface area contributed by atoms with Crippen molar-refractivity contribution >= 4 is 0 Å². The molecular weight excluding hydrogens is 284 g/mol. The van der Waals surface area contributed by atoms with Gasteiger partial charge in [0.05, 0.1) is 6.33 Å². The molecule has 22 heavy (non-hydrogen) atoms. The first-order chi connectivity index (χ1) is 10.7. The first kappa shape index (κ1) is 15.2. The van der Waals surface area contributed by atoms with E-state index in [-0.39, 0.29) is 0 Å². The fourth-order valence-corrected chi connectivity index (χ4v) is 3.21. The van der Waals surface area contributed by atoms with Crippen molar-refractivity contribution in [3.8, 4) is 0 Å². The number of imidazole rings is 1. The van der Waals surface area contributed by atoms with Crippen LogP contribution in [0.25, 0.3) is 0 Å². The Morgan fingerprint density at radius 3 is 2.95 bits per heavy atom. The minimum absolute atomic E-state index is 0.616. The Labute approximate surface area is 129 Å². The highest BCUT2D eigenvalue weighted by molar-refractivity contribution is 5.17. The number of likely N-dealkylation sites (tertiary alicyclic amines) is 1. The molecule has 2 heterocycles. The second kappa shape index (κ2) is 7.01. The van der Waals surface area contributed by atoms with Crippen LogP contribution < -0.4 is 0 Å². The molecule has 1 unspecified atom stereocenters. The molecule has 2 aromatic rings. The average Bonchev–Trinajstić information content (AvgIpc) is 3.02. The van der Waals surface area contributed by atoms with Crippen molar-refractivity contribution < 1.29 is 8.78 Å². The van der Waals surface area contributed by atoms with Crippen molar-refractivity contribution in [2.75, 3.05) is 13.1 Å². The highest BCUT2D eigenvalue weighted by Crippen LogP contribution is 2.23. The zero-order valence-corrected chi connectivity index (χ0v) is 12.6. The smallest absolute Gasteiger partial charge is 0.159 e. The zero-order chi connectivity index (χ0) is 15.4. The lowest BCUT2D eigenvalue weighted by Gasteiger charge is -2.32. The van der Waals surface area contributed by atoms with E-state index in [0.717, 1.165) is 43.7 Å². The molecule has 0 amide bonds. The summed E-state index contributed by atoms with van der Waals surface area (Å²) in [6, 6.07) is 4.22. The standard InChI is InChI=1S/C17H21F2N3/c18-16-6-5-13(8-17(16)19)3-4-14-2-1-7-22(10-14)11-15-9-20-12-21-15/h5-6,8-9,12,14H,1-4,7,10-11H2,(H,20,21). The third-order valence-corrected chi connectivity index (χ3v) is 4.38. The number of aryl methyl sites for hydroxylation is 1. The minimum Gasteiger partial charge on any atom is -0.347 e. The summed E-state index contributed by atoms with van der Waals surface area (Å²) >= 11 is 0. The normalized spacial score (nSPS) is 19.5. The van der Waals surface area contributed by atoms with Crippen molar-refractivity contribution in [1.82, 2.24) is 14.9 Å². The molecule has 0 bridgehead atoms. The molecule has 1 N–H and O–H groups in total. The van der Waals surface area contributed by atoms with Crippen LogP contribution in [-0.2, 0) is 13.0 Å². The van der Waals surface area contributed by atoms with Gasteiger partial charge in [-0.05, 0) is 55.8 Å². The molecule has 1 aliphatic heterocycles. The number of rotatable bonds is 5. The van der Waals surface area contributed by atoms with Crippen LogP contribution in [0, 0.1) is 17.6 Å². The topological polar surface area (TPSA) is 31.9 Å². The minimum atomic E-state index is -0.771. The summed E-state index contributed by atoms with van der Waals surface area (Å²) in [5.41, 5.74) is 2.02. The monoisotopic (exact) mass is 305 g/mol. The predicted molar refractivity (Wildman–Crippen MR) is 81.3 cm³/mol. The van der Waals surface area contributed by atoms with Gasteiger partial charge in [0.25, 0.3) is 0 Å². The quantitative estimate of drug-likeness (QED) is 0.916. The summed E-state index contributed by atoms with van der Waals surface area (Å²) in [6.45, 7) is 3.07. The molecule has 1 aromatic carbocycles. The maximum absolute atomic E-state index is 13.2. The van der Waals surface area contributed by atoms with E-state index in [0.29, 0.717) is 5.92 Å². The lowest BCUT2D eigenvalue weighted by Crippen LogP contribution is -2.35. The summed E-state index contributed by atoms with van der Waals surface area (Å²) < 4.78 is 26.2. The van der Waals surface area contributed by atoms with Crippen LogP contribution in [0.1, 0.15) is 30.5 Å². The van der Waals surface area contributed by atoms with E-state index >= 15 is 0 Å². The summed E-state index contributed by atoms with van der Waals surface area (Å²) in [7, 11) is 0. The largest absolute Gasteiger partial charge is 0.347 e. The molecule has 1 fully saturated rings. The van der Waals surface area contributed by atoms with Crippen molar-refractivity contribution in [2.45, 2.75) is 32.2 Å². The molecule has 1 atom stereocenters. The van der Waals surface area contributed by atoms with E-state index in [1.807, 2.05) is 6.20 Å². The van der Waals surface area contributed by atoms with E-state index in [1.54, 1.807) is 12.4 Å². The number of nitrogens with one attached hydrogen (secondary N) is 1. The number of H-pyrrole nitrogens is 1. The van der Waals surface area contributed by atoms with Crippen LogP contribution in [0.2, 0.25) is 0 Å². The number of nitrogens with zero attached hydrogens (tertiary/aromatic N) is 2. The summed E-state index contributed by atoms with van der Waals surface area (Å²) in [5, 5.41) is 0. The average molecular weight is 305 g/mol. The molecule has 0 spiro atoms. The number of benzene rings is 1. The highest BCUT2D eigenvalue weighted by atomic mass is 19.2. The van der Waals surface area contributed by atoms with E-state index in [1.165, 1.54) is 25.0 Å². The van der Waals surface area contributed by atoms with Crippen LogP contribution >= 0.6 is 0 Å². The summed E-state index contributed by atoms with van der Waals surface area (Å²) in [5.74, 6) is -0.904. The van der Waals surface area contributed by atoms with E-state index in [2.05, 4.69) is 14.9 Å². The molecule has 0 aliphatic carbocycles. The van der Waals surface area contributed by atoms with Crippen molar-refractivity contribution in [1.29, 1.82) is 0 Å². The van der Waals surface area contributed by atoms with Gasteiger partial charge in [-0.25, -0.2) is 13.8 Å². The first-order valence-corrected chi connectivity index (χ1v) is 7.84. The number of piperidine rings is 1. The van der Waals surface area contributed by atoms with E-state index < -0.39 is 11.6 Å². The van der Waals surface area contributed by atoms with Gasteiger partial charge >= 0.3 is 0 Å². The number of aromatic nitrogens is 2. The fraction of sp³-hybridized carbons (Fsp3) is 0.471. The van der Waals surface area contributed by atoms with Crippen LogP contribution in [0.3, 0.4) is 0 Å². The predicted octanol–water partition coefficient (Wildman–Crippen LogP) is 3.53. The van der Waals surface area contributed by atoms with Crippen LogP contribution in [0.5, 0.6) is 0 Å². The SMILES string of the molecule is Fc1ccc(CCC2CCCN(Cc3cnc[nH]3)C2)cc1F. The Balaban J connectivity index is 1.50. The number of hydrogen-bond acceptors (Lipinski definition) is 2. The van der Waals surface area contributed by atoms with Crippen molar-refractivity contribution in [3.05, 3.63) is 53.6 Å². The molecule has 1 saturated heterocycles. The molecule has 3 rings (SSSR count). The first-order valence-electron chi connectivity index (χ1n) is 7.84. The fourth-order valence-electron chi connectivity index (χ4n) is 3.21. The molecule has 0 radical (unpaired) electrons. The maximum atomic E-state index is 13.2. The Kier molecular flexibility index (Phi) is 4.83. The number of hydrogen-bond donors (Lipinski definition) is 1. The lowest BCUT2D eigenvalue weighted by molar-refractivity contribution is 0.160. The third kappa shape index (κ3) is 3.91. The highest BCUT2D eigenvalue weighted by Gasteiger charge is 2.20. The maximum Gasteiger partial charge on any atom is 0.159 e. The molecule has 5 heteroatoms. The van der Waals surface area contributed by atoms with Gasteiger partial charge < -0.3 is 4.98 Å². The molecule has 1 aromatic heterocycles. The second-order valence-corrected chi connectivity index (χ2v) is 6.11. The van der Waals surface area contributed by atoms with Gasteiger partial charge in [0.15, 0.2) is 11.6 Å². The molecular formula is C17H21F2N3. The van der Waals surface area contributed by atoms with Gasteiger partial charge in [-0.2, -0.15) is 0 Å². The Hall–Kier alpha value is -1.75. The Morgan fingerprint density at radius 1 is 1.27 bits per heavy atom. The van der Waals surface area contributed by atoms with Gasteiger partial charge in [-0.15, -0.1) is 0 Å². The molecule has 118 valence electrons. The zero-order valence-electron chi connectivity index (χ0n) is 12.6. The van der Waals surface area contributed by atoms with Gasteiger partial charge in [-0.1, -0.05) is 6.07 Å². The van der Waals surface area contributed by atoms with Crippen LogP contribution in [0.15, 0.2) is 30.7 Å². The summed E-state index contributed by atoms with van der Waals surface area (Å²) in [6.07, 6.45) is 7.80. The van der Waals surface area contributed by atoms with Crippen LogP contribution in [0.4, 0.5) is 8.78 Å². The van der Waals surface area contributed by atoms with Gasteiger partial charge in [-0.3, -0.25) is 4.90 Å². The van der Waals surface area contributed by atoms with Crippen molar-refractivity contribution in [2.24, 2.45) is 5.92 Å². The third-order valence-electron chi connectivity index (χ3n) is 4.38. The van der Waals surface area contributed by atoms with E-state index in [9.17, 15) is 8.78 Å². The molecule has 3 nitrogen and oxygen atoms in total. The van der Waals surface area contributed by atoms with E-state index in [4.69, 9.17) is 0 Å². The van der Waals surface area contributed by atoms with Crippen molar-refractivity contribution in [3.63, 3.8) is 0 Å². The summed E-state index contributed by atoms with van der Waals surface area (Å²) in [4.78, 5) is 9.63. The van der Waals surface area contributed by atoms with Gasteiger partial charge in [0.2, 0.25) is 0 Å². The number of halogens is 2. The number of aromatic amines is 1. The molecule has 1 aliphatic rings. The Bertz CT molecular complexity index is 598. The molecule has 0 saturated carbocycles. The van der Waals surface area contributed by atoms with Crippen LogP contribution in [-0.4, -0.2) is 28.0 Å².